The Bertz CT molecular complexity index is 345. The molecule has 4 N–H and O–H groups in total. The molecule has 2 aliphatic rings. The first-order valence-electron chi connectivity index (χ1n) is 6.82. The van der Waals surface area contributed by atoms with Crippen LogP contribution in [0, 0.1) is 17.8 Å². The van der Waals surface area contributed by atoms with Gasteiger partial charge in [-0.1, -0.05) is 6.92 Å². The highest BCUT2D eigenvalue weighted by Crippen LogP contribution is 2.30. The topological polar surface area (TPSA) is 89.4 Å². The second kappa shape index (κ2) is 5.26. The standard InChI is InChI=1S/C13H23N3O2/c1-8-2-3-11(14)10(6-8)13(18)16-5-4-9(7-16)12(15)17/h8-11H,2-7,14H2,1H3,(H2,15,17). The second-order valence-electron chi connectivity index (χ2n) is 5.86. The van der Waals surface area contributed by atoms with Crippen LogP contribution in [0.2, 0.25) is 0 Å². The van der Waals surface area contributed by atoms with Gasteiger partial charge < -0.3 is 16.4 Å². The number of nitrogens with two attached hydrogens (primary N) is 2. The van der Waals surface area contributed by atoms with E-state index in [2.05, 4.69) is 6.92 Å². The summed E-state index contributed by atoms with van der Waals surface area (Å²) in [6, 6.07) is -0.0265. The fourth-order valence-corrected chi connectivity index (χ4v) is 3.12. The van der Waals surface area contributed by atoms with Gasteiger partial charge in [0.1, 0.15) is 0 Å². The van der Waals surface area contributed by atoms with E-state index in [4.69, 9.17) is 11.5 Å². The highest BCUT2D eigenvalue weighted by atomic mass is 16.2. The van der Waals surface area contributed by atoms with Crippen molar-refractivity contribution < 1.29 is 9.59 Å². The third-order valence-corrected chi connectivity index (χ3v) is 4.39. The molecule has 5 heteroatoms. The summed E-state index contributed by atoms with van der Waals surface area (Å²) < 4.78 is 0. The number of nitrogens with zero attached hydrogens (tertiary/aromatic N) is 1. The van der Waals surface area contributed by atoms with Crippen molar-refractivity contribution in [1.82, 2.24) is 4.90 Å². The van der Waals surface area contributed by atoms with E-state index in [-0.39, 0.29) is 29.7 Å². The lowest BCUT2D eigenvalue weighted by Gasteiger charge is -2.34. The summed E-state index contributed by atoms with van der Waals surface area (Å²) in [6.45, 7) is 3.29. The Kier molecular flexibility index (Phi) is 3.90. The van der Waals surface area contributed by atoms with Crippen LogP contribution in [0.5, 0.6) is 0 Å². The lowest BCUT2D eigenvalue weighted by molar-refractivity contribution is -0.136. The highest BCUT2D eigenvalue weighted by Gasteiger charge is 2.37. The van der Waals surface area contributed by atoms with Crippen molar-refractivity contribution in [1.29, 1.82) is 0 Å². The molecule has 0 aromatic heterocycles. The summed E-state index contributed by atoms with van der Waals surface area (Å²) in [5.41, 5.74) is 11.4. The fourth-order valence-electron chi connectivity index (χ4n) is 3.12. The van der Waals surface area contributed by atoms with E-state index in [1.807, 2.05) is 0 Å². The summed E-state index contributed by atoms with van der Waals surface area (Å²) in [7, 11) is 0. The predicted octanol–water partition coefficient (Wildman–Crippen LogP) is 0.0837. The van der Waals surface area contributed by atoms with Gasteiger partial charge in [-0.25, -0.2) is 0 Å². The molecule has 0 aromatic carbocycles. The van der Waals surface area contributed by atoms with E-state index in [1.54, 1.807) is 4.90 Å². The van der Waals surface area contributed by atoms with Crippen molar-refractivity contribution in [2.24, 2.45) is 29.2 Å². The van der Waals surface area contributed by atoms with Gasteiger partial charge in [0.05, 0.1) is 11.8 Å². The maximum atomic E-state index is 12.4. The lowest BCUT2D eigenvalue weighted by Crippen LogP contribution is -2.46. The largest absolute Gasteiger partial charge is 0.369 e. The zero-order valence-electron chi connectivity index (χ0n) is 11.0. The normalized spacial score (nSPS) is 36.7. The van der Waals surface area contributed by atoms with Gasteiger partial charge in [-0.3, -0.25) is 9.59 Å². The Morgan fingerprint density at radius 1 is 1.22 bits per heavy atom. The summed E-state index contributed by atoms with van der Waals surface area (Å²) in [6.07, 6.45) is 3.59. The van der Waals surface area contributed by atoms with Gasteiger partial charge in [0.2, 0.25) is 11.8 Å². The molecule has 2 rings (SSSR count). The maximum Gasteiger partial charge on any atom is 0.227 e. The van der Waals surface area contributed by atoms with Crippen LogP contribution in [0.25, 0.3) is 0 Å². The number of hydrogen-bond acceptors (Lipinski definition) is 3. The summed E-state index contributed by atoms with van der Waals surface area (Å²) in [5.74, 6) is 0.143. The molecular formula is C13H23N3O2. The minimum atomic E-state index is -0.299. The fraction of sp³-hybridized carbons (Fsp3) is 0.846. The number of hydrogen-bond donors (Lipinski definition) is 2. The van der Waals surface area contributed by atoms with Gasteiger partial charge in [-0.05, 0) is 31.6 Å². The molecule has 1 saturated heterocycles. The van der Waals surface area contributed by atoms with Gasteiger partial charge in [0.25, 0.3) is 0 Å². The number of rotatable bonds is 2. The molecule has 4 unspecified atom stereocenters. The molecule has 0 bridgehead atoms. The van der Waals surface area contributed by atoms with Gasteiger partial charge in [0.15, 0.2) is 0 Å². The van der Waals surface area contributed by atoms with Crippen LogP contribution >= 0.6 is 0 Å². The third kappa shape index (κ3) is 2.66. The molecule has 18 heavy (non-hydrogen) atoms. The first kappa shape index (κ1) is 13.3. The molecule has 0 aromatic rings. The first-order valence-corrected chi connectivity index (χ1v) is 6.82. The average Bonchev–Trinajstić information content (AvgIpc) is 2.81. The molecule has 1 aliphatic carbocycles. The molecule has 1 heterocycles. The molecule has 0 spiro atoms. The van der Waals surface area contributed by atoms with Gasteiger partial charge in [-0.15, -0.1) is 0 Å². The lowest BCUT2D eigenvalue weighted by atomic mass is 9.78. The van der Waals surface area contributed by atoms with Crippen molar-refractivity contribution in [3.05, 3.63) is 0 Å². The van der Waals surface area contributed by atoms with Crippen molar-refractivity contribution in [2.45, 2.75) is 38.6 Å². The monoisotopic (exact) mass is 253 g/mol. The molecular weight excluding hydrogens is 230 g/mol. The summed E-state index contributed by atoms with van der Waals surface area (Å²) >= 11 is 0. The van der Waals surface area contributed by atoms with Gasteiger partial charge in [-0.2, -0.15) is 0 Å². The zero-order chi connectivity index (χ0) is 13.3. The molecule has 102 valence electrons. The zero-order valence-corrected chi connectivity index (χ0v) is 11.0. The van der Waals surface area contributed by atoms with E-state index in [0.717, 1.165) is 19.3 Å². The van der Waals surface area contributed by atoms with Crippen molar-refractivity contribution in [3.8, 4) is 0 Å². The third-order valence-electron chi connectivity index (χ3n) is 4.39. The number of amides is 2. The van der Waals surface area contributed by atoms with Crippen LogP contribution in [0.15, 0.2) is 0 Å². The first-order chi connectivity index (χ1) is 8.49. The molecule has 0 radical (unpaired) electrons. The quantitative estimate of drug-likeness (QED) is 0.730. The molecule has 4 atom stereocenters. The Labute approximate surface area is 108 Å². The summed E-state index contributed by atoms with van der Waals surface area (Å²) in [4.78, 5) is 25.3. The van der Waals surface area contributed by atoms with Crippen molar-refractivity contribution >= 4 is 11.8 Å². The van der Waals surface area contributed by atoms with Gasteiger partial charge >= 0.3 is 0 Å². The molecule has 1 aliphatic heterocycles. The second-order valence-corrected chi connectivity index (χ2v) is 5.86. The number of carbonyl (C=O) groups is 2. The van der Waals surface area contributed by atoms with Crippen molar-refractivity contribution in [2.75, 3.05) is 13.1 Å². The van der Waals surface area contributed by atoms with E-state index >= 15 is 0 Å². The average molecular weight is 253 g/mol. The van der Waals surface area contributed by atoms with Crippen LogP contribution < -0.4 is 11.5 Å². The minimum absolute atomic E-state index is 0.0265. The van der Waals surface area contributed by atoms with E-state index in [0.29, 0.717) is 25.4 Å². The van der Waals surface area contributed by atoms with E-state index in [9.17, 15) is 9.59 Å². The molecule has 1 saturated carbocycles. The SMILES string of the molecule is CC1CCC(N)C(C(=O)N2CCC(C(N)=O)C2)C1. The van der Waals surface area contributed by atoms with Crippen LogP contribution in [0.4, 0.5) is 0 Å². The highest BCUT2D eigenvalue weighted by molar-refractivity contribution is 5.82. The Morgan fingerprint density at radius 2 is 1.94 bits per heavy atom. The Morgan fingerprint density at radius 3 is 2.56 bits per heavy atom. The Hall–Kier alpha value is -1.10. The number of primary amides is 1. The van der Waals surface area contributed by atoms with E-state index < -0.39 is 0 Å². The van der Waals surface area contributed by atoms with Crippen LogP contribution in [0.3, 0.4) is 0 Å². The summed E-state index contributed by atoms with van der Waals surface area (Å²) in [5, 5.41) is 0. The van der Waals surface area contributed by atoms with Crippen LogP contribution in [0.1, 0.15) is 32.6 Å². The predicted molar refractivity (Wildman–Crippen MR) is 68.4 cm³/mol. The van der Waals surface area contributed by atoms with Crippen LogP contribution in [-0.4, -0.2) is 35.8 Å². The minimum Gasteiger partial charge on any atom is -0.369 e. The molecule has 2 fully saturated rings. The van der Waals surface area contributed by atoms with Gasteiger partial charge in [0, 0.05) is 19.1 Å². The molecule has 2 amide bonds. The number of likely N-dealkylation sites (tertiary alicyclic amines) is 1. The smallest absolute Gasteiger partial charge is 0.227 e. The molecule has 5 nitrogen and oxygen atoms in total. The maximum absolute atomic E-state index is 12.4. The van der Waals surface area contributed by atoms with Crippen LogP contribution in [-0.2, 0) is 9.59 Å². The number of carbonyl (C=O) groups excluding carboxylic acids is 2. The van der Waals surface area contributed by atoms with Crippen molar-refractivity contribution in [3.63, 3.8) is 0 Å². The van der Waals surface area contributed by atoms with E-state index in [1.165, 1.54) is 0 Å². The Balaban J connectivity index is 1.97.